The fourth-order valence-corrected chi connectivity index (χ4v) is 4.61. The van der Waals surface area contributed by atoms with E-state index in [1.165, 1.54) is 19.1 Å². The first kappa shape index (κ1) is 24.1. The fraction of sp³-hybridized carbons (Fsp3) is 0.214. The molecule has 1 amide bonds. The van der Waals surface area contributed by atoms with Crippen molar-refractivity contribution in [2.75, 3.05) is 32.5 Å². The Hall–Kier alpha value is -4.66. The molecule has 1 unspecified atom stereocenters. The Bertz CT molecular complexity index is 1390. The zero-order valence-corrected chi connectivity index (χ0v) is 20.5. The number of fused-ring (bicyclic) bond motifs is 1. The highest BCUT2D eigenvalue weighted by molar-refractivity contribution is 6.51. The molecule has 1 saturated heterocycles. The zero-order valence-electron chi connectivity index (χ0n) is 20.5. The Morgan fingerprint density at radius 1 is 0.973 bits per heavy atom. The minimum Gasteiger partial charge on any atom is -0.506 e. The van der Waals surface area contributed by atoms with Gasteiger partial charge in [-0.25, -0.2) is 0 Å². The molecule has 2 aliphatic heterocycles. The van der Waals surface area contributed by atoms with Gasteiger partial charge in [0.2, 0.25) is 6.79 Å². The van der Waals surface area contributed by atoms with Crippen molar-refractivity contribution >= 4 is 23.1 Å². The molecule has 9 nitrogen and oxygen atoms in total. The monoisotopic (exact) mass is 503 g/mol. The van der Waals surface area contributed by atoms with E-state index in [1.807, 2.05) is 6.92 Å². The molecule has 0 spiro atoms. The molecule has 2 aliphatic rings. The van der Waals surface area contributed by atoms with E-state index in [4.69, 9.17) is 23.7 Å². The van der Waals surface area contributed by atoms with Gasteiger partial charge >= 0.3 is 0 Å². The maximum absolute atomic E-state index is 13.6. The number of aliphatic hydroxyl groups excluding tert-OH is 1. The van der Waals surface area contributed by atoms with Crippen molar-refractivity contribution in [3.05, 3.63) is 77.4 Å². The summed E-state index contributed by atoms with van der Waals surface area (Å²) in [6.07, 6.45) is 0. The van der Waals surface area contributed by atoms with Crippen molar-refractivity contribution in [2.24, 2.45) is 0 Å². The number of Topliss-reactive ketones (excluding diaryl/α,β-unsaturated/α-hetero) is 1. The second kappa shape index (κ2) is 9.77. The predicted molar refractivity (Wildman–Crippen MR) is 135 cm³/mol. The molecule has 0 radical (unpaired) electrons. The topological polar surface area (TPSA) is 104 Å². The van der Waals surface area contributed by atoms with E-state index in [0.29, 0.717) is 35.1 Å². The summed E-state index contributed by atoms with van der Waals surface area (Å²) in [6, 6.07) is 16.0. The second-order valence-corrected chi connectivity index (χ2v) is 8.25. The van der Waals surface area contributed by atoms with Gasteiger partial charge in [-0.3, -0.25) is 14.5 Å². The summed E-state index contributed by atoms with van der Waals surface area (Å²) in [5.74, 6) is 0.0485. The number of aliphatic hydroxyl groups is 1. The number of rotatable bonds is 7. The van der Waals surface area contributed by atoms with E-state index >= 15 is 0 Å². The van der Waals surface area contributed by atoms with Crippen molar-refractivity contribution in [1.29, 1.82) is 0 Å². The van der Waals surface area contributed by atoms with E-state index < -0.39 is 23.5 Å². The Labute approximate surface area is 213 Å². The summed E-state index contributed by atoms with van der Waals surface area (Å²) in [6.45, 7) is 2.36. The molecule has 3 aromatic carbocycles. The number of carbonyl (C=O) groups excluding carboxylic acids is 2. The summed E-state index contributed by atoms with van der Waals surface area (Å²) < 4.78 is 27.5. The van der Waals surface area contributed by atoms with Crippen LogP contribution in [-0.2, 0) is 9.59 Å². The zero-order chi connectivity index (χ0) is 26.1. The first-order valence-corrected chi connectivity index (χ1v) is 11.6. The van der Waals surface area contributed by atoms with Crippen molar-refractivity contribution in [2.45, 2.75) is 13.0 Å². The lowest BCUT2D eigenvalue weighted by atomic mass is 9.94. The quantitative estimate of drug-likeness (QED) is 0.286. The molecule has 9 heteroatoms. The number of anilines is 1. The van der Waals surface area contributed by atoms with Crippen molar-refractivity contribution in [3.63, 3.8) is 0 Å². The first-order valence-electron chi connectivity index (χ1n) is 11.6. The number of ether oxygens (including phenoxy) is 5. The van der Waals surface area contributed by atoms with Crippen molar-refractivity contribution < 1.29 is 38.4 Å². The van der Waals surface area contributed by atoms with Gasteiger partial charge in [0.15, 0.2) is 11.5 Å². The van der Waals surface area contributed by atoms with Crippen molar-refractivity contribution in [3.8, 4) is 28.7 Å². The van der Waals surface area contributed by atoms with Gasteiger partial charge in [-0.15, -0.1) is 0 Å². The van der Waals surface area contributed by atoms with Crippen molar-refractivity contribution in [1.82, 2.24) is 0 Å². The normalized spacial score (nSPS) is 17.7. The number of amides is 1. The third-order valence-corrected chi connectivity index (χ3v) is 6.23. The highest BCUT2D eigenvalue weighted by Gasteiger charge is 2.48. The number of hydrogen-bond donors (Lipinski definition) is 1. The molecule has 2 heterocycles. The molecule has 37 heavy (non-hydrogen) atoms. The van der Waals surface area contributed by atoms with Crippen LogP contribution in [-0.4, -0.2) is 44.4 Å². The van der Waals surface area contributed by atoms with Crippen LogP contribution in [0.4, 0.5) is 5.69 Å². The van der Waals surface area contributed by atoms with Gasteiger partial charge in [0.05, 0.1) is 32.4 Å². The minimum absolute atomic E-state index is 0.0605. The standard InChI is InChI=1S/C28H25NO8/c1-4-35-18-8-5-7-16(13-18)25-24(26(30)23-20(33-2)9-6-10-21(23)34-3)27(31)28(32)29(25)17-11-12-19-22(14-17)37-15-36-19/h5-14,25,30H,4,15H2,1-3H3/b26-24+. The predicted octanol–water partition coefficient (Wildman–Crippen LogP) is 4.46. The van der Waals surface area contributed by atoms with Crippen LogP contribution in [0.1, 0.15) is 24.1 Å². The molecule has 3 aromatic rings. The van der Waals surface area contributed by atoms with Crippen LogP contribution in [0.2, 0.25) is 0 Å². The molecular formula is C28H25NO8. The molecule has 0 aromatic heterocycles. The number of hydrogen-bond acceptors (Lipinski definition) is 8. The van der Waals surface area contributed by atoms with E-state index in [0.717, 1.165) is 0 Å². The first-order chi connectivity index (χ1) is 18.0. The Kier molecular flexibility index (Phi) is 6.35. The summed E-state index contributed by atoms with van der Waals surface area (Å²) in [5.41, 5.74) is 1.03. The smallest absolute Gasteiger partial charge is 0.300 e. The Morgan fingerprint density at radius 2 is 1.68 bits per heavy atom. The highest BCUT2D eigenvalue weighted by Crippen LogP contribution is 2.47. The molecular weight excluding hydrogens is 478 g/mol. The minimum atomic E-state index is -0.976. The number of ketones is 1. The molecule has 0 saturated carbocycles. The molecule has 190 valence electrons. The number of benzene rings is 3. The number of carbonyl (C=O) groups is 2. The lowest BCUT2D eigenvalue weighted by Crippen LogP contribution is -2.29. The van der Waals surface area contributed by atoms with Gasteiger partial charge in [0, 0.05) is 11.8 Å². The average Bonchev–Trinajstić information content (AvgIpc) is 3.49. The summed E-state index contributed by atoms with van der Waals surface area (Å²) in [4.78, 5) is 28.4. The molecule has 5 rings (SSSR count). The van der Waals surface area contributed by atoms with Crippen LogP contribution < -0.4 is 28.6 Å². The molecule has 1 N–H and O–H groups in total. The third-order valence-electron chi connectivity index (χ3n) is 6.23. The van der Waals surface area contributed by atoms with Crippen LogP contribution in [0.5, 0.6) is 28.7 Å². The SMILES string of the molecule is CCOc1cccc(C2/C(=C(\O)c3c(OC)cccc3OC)C(=O)C(=O)N2c2ccc3c(c2)OCO3)c1. The van der Waals surface area contributed by atoms with Crippen LogP contribution in [0, 0.1) is 0 Å². The van der Waals surface area contributed by atoms with E-state index in [2.05, 4.69) is 0 Å². The van der Waals surface area contributed by atoms with Gasteiger partial charge in [0.1, 0.15) is 28.6 Å². The van der Waals surface area contributed by atoms with Gasteiger partial charge in [0.25, 0.3) is 11.7 Å². The van der Waals surface area contributed by atoms with Gasteiger partial charge in [-0.05, 0) is 48.9 Å². The molecule has 0 bridgehead atoms. The van der Waals surface area contributed by atoms with Crippen LogP contribution >= 0.6 is 0 Å². The highest BCUT2D eigenvalue weighted by atomic mass is 16.7. The Balaban J connectivity index is 1.75. The molecule has 1 atom stereocenters. The summed E-state index contributed by atoms with van der Waals surface area (Å²) in [7, 11) is 2.89. The van der Waals surface area contributed by atoms with Gasteiger partial charge in [-0.1, -0.05) is 18.2 Å². The van der Waals surface area contributed by atoms with E-state index in [9.17, 15) is 14.7 Å². The van der Waals surface area contributed by atoms with Gasteiger partial charge < -0.3 is 28.8 Å². The Morgan fingerprint density at radius 3 is 2.38 bits per heavy atom. The van der Waals surface area contributed by atoms with E-state index in [-0.39, 0.29) is 29.4 Å². The second-order valence-electron chi connectivity index (χ2n) is 8.25. The van der Waals surface area contributed by atoms with Crippen LogP contribution in [0.15, 0.2) is 66.2 Å². The van der Waals surface area contributed by atoms with Crippen LogP contribution in [0.25, 0.3) is 5.76 Å². The van der Waals surface area contributed by atoms with Gasteiger partial charge in [-0.2, -0.15) is 0 Å². The lowest BCUT2D eigenvalue weighted by Gasteiger charge is -2.26. The van der Waals surface area contributed by atoms with Crippen LogP contribution in [0.3, 0.4) is 0 Å². The largest absolute Gasteiger partial charge is 0.506 e. The molecule has 1 fully saturated rings. The average molecular weight is 504 g/mol. The summed E-state index contributed by atoms with van der Waals surface area (Å²) >= 11 is 0. The molecule has 0 aliphatic carbocycles. The number of methoxy groups -OCH3 is 2. The summed E-state index contributed by atoms with van der Waals surface area (Å²) in [5, 5.41) is 11.6. The fourth-order valence-electron chi connectivity index (χ4n) is 4.61. The third kappa shape index (κ3) is 4.08. The lowest BCUT2D eigenvalue weighted by molar-refractivity contribution is -0.132. The maximum Gasteiger partial charge on any atom is 0.300 e. The van der Waals surface area contributed by atoms with E-state index in [1.54, 1.807) is 60.7 Å². The number of nitrogens with zero attached hydrogens (tertiary/aromatic N) is 1. The maximum atomic E-state index is 13.6.